The highest BCUT2D eigenvalue weighted by Crippen LogP contribution is 2.19. The highest BCUT2D eigenvalue weighted by atomic mass is 32.2. The molecule has 0 saturated carbocycles. The van der Waals surface area contributed by atoms with Gasteiger partial charge in [0, 0.05) is 12.0 Å². The lowest BCUT2D eigenvalue weighted by molar-refractivity contribution is 0.0907. The molecule has 0 aliphatic rings. The SMILES string of the molecule is CCCc1nc(C(C)(C)NC(=O)c2cccc(S(=O)(=O)NC)c2)no1. The van der Waals surface area contributed by atoms with Gasteiger partial charge in [0.2, 0.25) is 15.9 Å². The van der Waals surface area contributed by atoms with Gasteiger partial charge in [-0.3, -0.25) is 4.79 Å². The fraction of sp³-hybridized carbons (Fsp3) is 0.438. The van der Waals surface area contributed by atoms with Crippen molar-refractivity contribution in [1.82, 2.24) is 20.2 Å². The molecule has 0 saturated heterocycles. The highest BCUT2D eigenvalue weighted by molar-refractivity contribution is 7.89. The van der Waals surface area contributed by atoms with Crippen LogP contribution in [0.1, 0.15) is 49.3 Å². The molecule has 0 atom stereocenters. The number of carbonyl (C=O) groups excluding carboxylic acids is 1. The molecule has 8 nitrogen and oxygen atoms in total. The maximum Gasteiger partial charge on any atom is 0.252 e. The van der Waals surface area contributed by atoms with Gasteiger partial charge in [-0.1, -0.05) is 18.1 Å². The molecule has 0 unspecified atom stereocenters. The first-order valence-corrected chi connectivity index (χ1v) is 9.37. The summed E-state index contributed by atoms with van der Waals surface area (Å²) in [6.45, 7) is 5.50. The Hall–Kier alpha value is -2.26. The Balaban J connectivity index is 2.22. The summed E-state index contributed by atoms with van der Waals surface area (Å²) in [6.07, 6.45) is 1.54. The number of hydrogen-bond acceptors (Lipinski definition) is 6. The number of benzene rings is 1. The number of aromatic nitrogens is 2. The Labute approximate surface area is 147 Å². The fourth-order valence-corrected chi connectivity index (χ4v) is 2.93. The van der Waals surface area contributed by atoms with Crippen LogP contribution in [0.5, 0.6) is 0 Å². The Morgan fingerprint density at radius 3 is 2.68 bits per heavy atom. The number of hydrogen-bond donors (Lipinski definition) is 2. The zero-order valence-corrected chi connectivity index (χ0v) is 15.5. The summed E-state index contributed by atoms with van der Waals surface area (Å²) in [6, 6.07) is 5.79. The van der Waals surface area contributed by atoms with Gasteiger partial charge >= 0.3 is 0 Å². The summed E-state index contributed by atoms with van der Waals surface area (Å²) in [4.78, 5) is 16.8. The van der Waals surface area contributed by atoms with Gasteiger partial charge < -0.3 is 9.84 Å². The van der Waals surface area contributed by atoms with Crippen LogP contribution in [-0.4, -0.2) is 31.5 Å². The van der Waals surface area contributed by atoms with Crippen LogP contribution >= 0.6 is 0 Å². The number of rotatable bonds is 7. The van der Waals surface area contributed by atoms with E-state index in [1.165, 1.54) is 25.2 Å². The van der Waals surface area contributed by atoms with Crippen molar-refractivity contribution in [3.63, 3.8) is 0 Å². The first kappa shape index (κ1) is 19.1. The highest BCUT2D eigenvalue weighted by Gasteiger charge is 2.29. The minimum Gasteiger partial charge on any atom is -0.340 e. The molecule has 1 aromatic carbocycles. The van der Waals surface area contributed by atoms with Gasteiger partial charge in [0.15, 0.2) is 5.82 Å². The summed E-state index contributed by atoms with van der Waals surface area (Å²) in [5, 5.41) is 6.72. The number of nitrogens with zero attached hydrogens (tertiary/aromatic N) is 2. The van der Waals surface area contributed by atoms with Crippen LogP contribution in [0.3, 0.4) is 0 Å². The van der Waals surface area contributed by atoms with E-state index in [4.69, 9.17) is 4.52 Å². The molecule has 0 spiro atoms. The van der Waals surface area contributed by atoms with Crippen LogP contribution in [0.15, 0.2) is 33.7 Å². The van der Waals surface area contributed by atoms with Gasteiger partial charge in [-0.05, 0) is 45.5 Å². The van der Waals surface area contributed by atoms with Gasteiger partial charge in [-0.15, -0.1) is 0 Å². The van der Waals surface area contributed by atoms with Gasteiger partial charge in [0.05, 0.1) is 10.4 Å². The van der Waals surface area contributed by atoms with E-state index < -0.39 is 21.5 Å². The maximum atomic E-state index is 12.5. The Kier molecular flexibility index (Phi) is 5.58. The van der Waals surface area contributed by atoms with Crippen molar-refractivity contribution in [2.45, 2.75) is 44.0 Å². The van der Waals surface area contributed by atoms with E-state index in [0.717, 1.165) is 6.42 Å². The van der Waals surface area contributed by atoms with E-state index in [9.17, 15) is 13.2 Å². The lowest BCUT2D eigenvalue weighted by Crippen LogP contribution is -2.42. The van der Waals surface area contributed by atoms with Crippen molar-refractivity contribution in [3.8, 4) is 0 Å². The molecule has 1 heterocycles. The average Bonchev–Trinajstić information content (AvgIpc) is 3.04. The normalized spacial score (nSPS) is 12.2. The van der Waals surface area contributed by atoms with Crippen molar-refractivity contribution in [2.75, 3.05) is 7.05 Å². The molecule has 1 amide bonds. The molecule has 1 aromatic heterocycles. The predicted molar refractivity (Wildman–Crippen MR) is 91.5 cm³/mol. The number of aryl methyl sites for hydroxylation is 1. The third-order valence-electron chi connectivity index (χ3n) is 3.59. The predicted octanol–water partition coefficient (Wildman–Crippen LogP) is 1.60. The Morgan fingerprint density at radius 1 is 1.32 bits per heavy atom. The van der Waals surface area contributed by atoms with Crippen LogP contribution in [-0.2, 0) is 22.0 Å². The van der Waals surface area contributed by atoms with Crippen molar-refractivity contribution >= 4 is 15.9 Å². The lowest BCUT2D eigenvalue weighted by Gasteiger charge is -2.22. The first-order chi connectivity index (χ1) is 11.7. The van der Waals surface area contributed by atoms with Gasteiger partial charge in [0.1, 0.15) is 0 Å². The lowest BCUT2D eigenvalue weighted by atomic mass is 10.0. The van der Waals surface area contributed by atoms with E-state index in [1.54, 1.807) is 19.9 Å². The van der Waals surface area contributed by atoms with Crippen LogP contribution in [0.4, 0.5) is 0 Å². The second-order valence-electron chi connectivity index (χ2n) is 6.08. The molecular formula is C16H22N4O4S. The molecule has 136 valence electrons. The van der Waals surface area contributed by atoms with Crippen molar-refractivity contribution in [3.05, 3.63) is 41.5 Å². The van der Waals surface area contributed by atoms with Gasteiger partial charge in [0.25, 0.3) is 5.91 Å². The number of carbonyl (C=O) groups is 1. The Morgan fingerprint density at radius 2 is 2.04 bits per heavy atom. The van der Waals surface area contributed by atoms with E-state index in [1.807, 2.05) is 6.92 Å². The molecule has 2 N–H and O–H groups in total. The fourth-order valence-electron chi connectivity index (χ4n) is 2.16. The molecule has 0 bridgehead atoms. The molecule has 9 heteroatoms. The smallest absolute Gasteiger partial charge is 0.252 e. The summed E-state index contributed by atoms with van der Waals surface area (Å²) in [5.74, 6) is 0.449. The minimum absolute atomic E-state index is 0.0187. The van der Waals surface area contributed by atoms with Crippen molar-refractivity contribution in [1.29, 1.82) is 0 Å². The summed E-state index contributed by atoms with van der Waals surface area (Å²) < 4.78 is 31.1. The standard InChI is InChI=1S/C16H22N4O4S/c1-5-7-13-18-15(20-24-13)16(2,3)19-14(21)11-8-6-9-12(10-11)25(22,23)17-4/h6,8-10,17H,5,7H2,1-4H3,(H,19,21). The van der Waals surface area contributed by atoms with E-state index in [-0.39, 0.29) is 10.5 Å². The van der Waals surface area contributed by atoms with Crippen LogP contribution in [0.25, 0.3) is 0 Å². The van der Waals surface area contributed by atoms with Crippen LogP contribution in [0.2, 0.25) is 0 Å². The van der Waals surface area contributed by atoms with E-state index >= 15 is 0 Å². The Bertz CT molecular complexity index is 859. The van der Waals surface area contributed by atoms with E-state index in [0.29, 0.717) is 18.1 Å². The molecule has 2 aromatic rings. The maximum absolute atomic E-state index is 12.5. The van der Waals surface area contributed by atoms with Gasteiger partial charge in [-0.2, -0.15) is 4.98 Å². The van der Waals surface area contributed by atoms with Crippen molar-refractivity contribution in [2.24, 2.45) is 0 Å². The van der Waals surface area contributed by atoms with E-state index in [2.05, 4.69) is 20.2 Å². The molecule has 0 radical (unpaired) electrons. The quantitative estimate of drug-likeness (QED) is 0.769. The minimum atomic E-state index is -3.62. The largest absolute Gasteiger partial charge is 0.340 e. The average molecular weight is 366 g/mol. The first-order valence-electron chi connectivity index (χ1n) is 7.89. The molecule has 0 fully saturated rings. The second-order valence-corrected chi connectivity index (χ2v) is 7.96. The van der Waals surface area contributed by atoms with Gasteiger partial charge in [-0.25, -0.2) is 13.1 Å². The molecular weight excluding hydrogens is 344 g/mol. The number of nitrogens with one attached hydrogen (secondary N) is 2. The molecule has 0 aliphatic carbocycles. The zero-order chi connectivity index (χ0) is 18.7. The molecule has 25 heavy (non-hydrogen) atoms. The molecule has 2 rings (SSSR count). The third-order valence-corrected chi connectivity index (χ3v) is 5.00. The summed E-state index contributed by atoms with van der Waals surface area (Å²) in [5.41, 5.74) is -0.647. The summed E-state index contributed by atoms with van der Waals surface area (Å²) in [7, 11) is -2.31. The topological polar surface area (TPSA) is 114 Å². The second kappa shape index (κ2) is 7.32. The summed E-state index contributed by atoms with van der Waals surface area (Å²) >= 11 is 0. The van der Waals surface area contributed by atoms with Crippen LogP contribution < -0.4 is 10.0 Å². The molecule has 0 aliphatic heterocycles. The monoisotopic (exact) mass is 366 g/mol. The number of amides is 1. The number of sulfonamides is 1. The third kappa shape index (κ3) is 4.43. The van der Waals surface area contributed by atoms with Crippen LogP contribution in [0, 0.1) is 0 Å². The zero-order valence-electron chi connectivity index (χ0n) is 14.7. The van der Waals surface area contributed by atoms with Crippen molar-refractivity contribution < 1.29 is 17.7 Å².